The predicted octanol–water partition coefficient (Wildman–Crippen LogP) is 2.49. The highest BCUT2D eigenvalue weighted by Gasteiger charge is 2.11. The summed E-state index contributed by atoms with van der Waals surface area (Å²) in [4.78, 5) is 0. The Morgan fingerprint density at radius 2 is 2.07 bits per heavy atom. The van der Waals surface area contributed by atoms with Gasteiger partial charge in [0.05, 0.1) is 0 Å². The van der Waals surface area contributed by atoms with Gasteiger partial charge in [0.25, 0.3) is 0 Å². The number of rotatable bonds is 1. The van der Waals surface area contributed by atoms with Crippen molar-refractivity contribution in [3.63, 3.8) is 0 Å². The summed E-state index contributed by atoms with van der Waals surface area (Å²) in [6.07, 6.45) is 3.51. The molecular weight excluding hydrogens is 199 g/mol. The molecule has 1 aliphatic heterocycles. The van der Waals surface area contributed by atoms with Gasteiger partial charge in [0.15, 0.2) is 0 Å². The van der Waals surface area contributed by atoms with Crippen LogP contribution in [0.5, 0.6) is 0 Å². The molecule has 1 aromatic carbocycles. The van der Waals surface area contributed by atoms with Crippen LogP contribution >= 0.6 is 0 Å². The van der Waals surface area contributed by atoms with Gasteiger partial charge in [-0.05, 0) is 35.0 Å². The summed E-state index contributed by atoms with van der Waals surface area (Å²) in [5.74, 6) is 0.233. The van der Waals surface area contributed by atoms with Crippen LogP contribution < -0.4 is 0 Å². The van der Waals surface area contributed by atoms with E-state index in [9.17, 15) is 8.94 Å². The highest BCUT2D eigenvalue weighted by Crippen LogP contribution is 2.22. The van der Waals surface area contributed by atoms with Crippen LogP contribution in [0.3, 0.4) is 0 Å². The minimum absolute atomic E-state index is 0.240. The lowest BCUT2D eigenvalue weighted by atomic mass is 10.1. The molecule has 0 aliphatic carbocycles. The van der Waals surface area contributed by atoms with E-state index < -0.39 is 11.2 Å². The second kappa shape index (κ2) is 3.98. The van der Waals surface area contributed by atoms with E-state index in [1.54, 1.807) is 35.8 Å². The maximum Gasteiger partial charge on any atom is 0.131 e. The van der Waals surface area contributed by atoms with Gasteiger partial charge in [0.1, 0.15) is 17.0 Å². The van der Waals surface area contributed by atoms with Gasteiger partial charge < -0.3 is 4.55 Å². The normalized spacial score (nSPS) is 20.7. The van der Waals surface area contributed by atoms with Crippen molar-refractivity contribution in [1.29, 1.82) is 0 Å². The summed E-state index contributed by atoms with van der Waals surface area (Å²) in [6.45, 7) is 0. The minimum Gasteiger partial charge on any atom is -0.612 e. The first kappa shape index (κ1) is 9.49. The Kier molecular flexibility index (Phi) is 2.70. The van der Waals surface area contributed by atoms with Gasteiger partial charge >= 0.3 is 0 Å². The molecule has 1 nitrogen and oxygen atoms in total. The first-order valence-electron chi connectivity index (χ1n) is 4.28. The highest BCUT2D eigenvalue weighted by atomic mass is 32.2. The van der Waals surface area contributed by atoms with Crippen molar-refractivity contribution in [2.45, 2.75) is 0 Å². The summed E-state index contributed by atoms with van der Waals surface area (Å²) in [6, 6.07) is 6.60. The van der Waals surface area contributed by atoms with E-state index in [1.807, 2.05) is 0 Å². The predicted molar refractivity (Wildman–Crippen MR) is 56.5 cm³/mol. The van der Waals surface area contributed by atoms with E-state index in [1.165, 1.54) is 6.07 Å². The zero-order valence-corrected chi connectivity index (χ0v) is 8.26. The Morgan fingerprint density at radius 3 is 2.71 bits per heavy atom. The lowest BCUT2D eigenvalue weighted by molar-refractivity contribution is 0.606. The fraction of sp³-hybridized carbons (Fsp3) is 0.0909. The molecule has 72 valence electrons. The molecular formula is C11H9FOS. The van der Waals surface area contributed by atoms with E-state index >= 15 is 0 Å². The molecule has 1 atom stereocenters. The fourth-order valence-corrected chi connectivity index (χ4v) is 2.09. The number of allylic oxidation sites excluding steroid dienone is 2. The lowest BCUT2D eigenvalue weighted by Crippen LogP contribution is -2.04. The summed E-state index contributed by atoms with van der Waals surface area (Å²) in [5.41, 5.74) is 1.38. The summed E-state index contributed by atoms with van der Waals surface area (Å²) in [7, 11) is 0. The molecule has 14 heavy (non-hydrogen) atoms. The molecule has 0 bridgehead atoms. The van der Waals surface area contributed by atoms with Crippen molar-refractivity contribution >= 4 is 16.7 Å². The van der Waals surface area contributed by atoms with Crippen LogP contribution in [-0.2, 0) is 11.2 Å². The molecule has 3 heteroatoms. The summed E-state index contributed by atoms with van der Waals surface area (Å²) in [5, 5.41) is 1.60. The molecule has 0 N–H and O–H groups in total. The Balaban J connectivity index is 2.33. The molecule has 1 aliphatic rings. The van der Waals surface area contributed by atoms with Crippen LogP contribution in [0.4, 0.5) is 4.39 Å². The molecule has 1 unspecified atom stereocenters. The second-order valence-corrected chi connectivity index (χ2v) is 4.36. The molecule has 2 rings (SSSR count). The molecule has 0 amide bonds. The third-order valence-corrected chi connectivity index (χ3v) is 2.99. The van der Waals surface area contributed by atoms with Crippen molar-refractivity contribution < 1.29 is 8.94 Å². The maximum atomic E-state index is 13.3. The van der Waals surface area contributed by atoms with Crippen LogP contribution in [0.15, 0.2) is 41.8 Å². The quantitative estimate of drug-likeness (QED) is 0.650. The topological polar surface area (TPSA) is 23.1 Å². The fourth-order valence-electron chi connectivity index (χ4n) is 1.34. The average molecular weight is 208 g/mol. The Morgan fingerprint density at radius 1 is 1.29 bits per heavy atom. The smallest absolute Gasteiger partial charge is 0.131 e. The molecule has 0 spiro atoms. The van der Waals surface area contributed by atoms with Gasteiger partial charge in [-0.1, -0.05) is 18.2 Å². The van der Waals surface area contributed by atoms with E-state index in [0.717, 1.165) is 5.57 Å². The van der Waals surface area contributed by atoms with Crippen molar-refractivity contribution in [3.05, 3.63) is 53.2 Å². The highest BCUT2D eigenvalue weighted by molar-refractivity contribution is 7.94. The van der Waals surface area contributed by atoms with Gasteiger partial charge in [-0.15, -0.1) is 0 Å². The summed E-state index contributed by atoms with van der Waals surface area (Å²) >= 11 is -0.921. The Labute approximate surface area is 85.1 Å². The first-order chi connectivity index (χ1) is 6.77. The molecule has 0 saturated carbocycles. The molecule has 0 saturated heterocycles. The maximum absolute atomic E-state index is 13.3. The van der Waals surface area contributed by atoms with E-state index in [4.69, 9.17) is 0 Å². The standard InChI is InChI=1S/C11H9FOS/c12-11-4-2-1-3-10(11)9-5-7-14(13)8-6-9/h1-7H,8H2. The third kappa shape index (κ3) is 1.89. The van der Waals surface area contributed by atoms with Crippen molar-refractivity contribution in [1.82, 2.24) is 0 Å². The second-order valence-electron chi connectivity index (χ2n) is 2.99. The van der Waals surface area contributed by atoms with Crippen LogP contribution in [0.1, 0.15) is 5.56 Å². The van der Waals surface area contributed by atoms with Crippen LogP contribution in [0, 0.1) is 5.82 Å². The van der Waals surface area contributed by atoms with Gasteiger partial charge in [-0.2, -0.15) is 0 Å². The van der Waals surface area contributed by atoms with E-state index in [0.29, 0.717) is 11.3 Å². The Bertz CT molecular complexity index is 398. The van der Waals surface area contributed by atoms with Gasteiger partial charge in [0, 0.05) is 5.56 Å². The van der Waals surface area contributed by atoms with E-state index in [2.05, 4.69) is 0 Å². The van der Waals surface area contributed by atoms with Gasteiger partial charge in [0.2, 0.25) is 0 Å². The zero-order chi connectivity index (χ0) is 9.97. The third-order valence-electron chi connectivity index (χ3n) is 2.05. The average Bonchev–Trinajstić information content (AvgIpc) is 2.20. The van der Waals surface area contributed by atoms with Crippen molar-refractivity contribution in [2.24, 2.45) is 0 Å². The number of hydrogen-bond donors (Lipinski definition) is 0. The molecule has 1 heterocycles. The lowest BCUT2D eigenvalue weighted by Gasteiger charge is -2.10. The molecule has 1 aromatic rings. The number of hydrogen-bond acceptors (Lipinski definition) is 1. The zero-order valence-electron chi connectivity index (χ0n) is 7.44. The SMILES string of the molecule is [O-][S+]1C=CC(c2ccccc2F)=CC1. The molecule has 0 radical (unpaired) electrons. The largest absolute Gasteiger partial charge is 0.612 e. The number of halogens is 1. The van der Waals surface area contributed by atoms with Crippen LogP contribution in [0.2, 0.25) is 0 Å². The van der Waals surface area contributed by atoms with Gasteiger partial charge in [-0.3, -0.25) is 0 Å². The van der Waals surface area contributed by atoms with Crippen LogP contribution in [-0.4, -0.2) is 10.3 Å². The molecule has 0 aromatic heterocycles. The number of benzene rings is 1. The first-order valence-corrected chi connectivity index (χ1v) is 5.66. The summed E-state index contributed by atoms with van der Waals surface area (Å²) < 4.78 is 24.3. The van der Waals surface area contributed by atoms with E-state index in [-0.39, 0.29) is 5.82 Å². The monoisotopic (exact) mass is 208 g/mol. The van der Waals surface area contributed by atoms with Crippen molar-refractivity contribution in [2.75, 3.05) is 5.75 Å². The van der Waals surface area contributed by atoms with Crippen molar-refractivity contribution in [3.8, 4) is 0 Å². The minimum atomic E-state index is -0.921. The Hall–Kier alpha value is -1.06. The van der Waals surface area contributed by atoms with Crippen LogP contribution in [0.25, 0.3) is 5.57 Å². The van der Waals surface area contributed by atoms with Gasteiger partial charge in [-0.25, -0.2) is 4.39 Å². The molecule has 0 fully saturated rings.